The van der Waals surface area contributed by atoms with Crippen LogP contribution in [0.1, 0.15) is 16.7 Å². The Labute approximate surface area is 147 Å². The van der Waals surface area contributed by atoms with E-state index in [2.05, 4.69) is 22.4 Å². The van der Waals surface area contributed by atoms with Crippen molar-refractivity contribution in [2.75, 3.05) is 11.9 Å². The van der Waals surface area contributed by atoms with Crippen LogP contribution in [0.15, 0.2) is 72.9 Å². The predicted octanol–water partition coefficient (Wildman–Crippen LogP) is 4.00. The van der Waals surface area contributed by atoms with Crippen LogP contribution in [0.5, 0.6) is 5.75 Å². The van der Waals surface area contributed by atoms with Crippen molar-refractivity contribution in [1.82, 2.24) is 4.98 Å². The number of hydrogen-bond acceptors (Lipinski definition) is 3. The first kappa shape index (κ1) is 16.7. The maximum absolute atomic E-state index is 12.1. The molecule has 4 heteroatoms. The van der Waals surface area contributed by atoms with Gasteiger partial charge in [-0.15, -0.1) is 0 Å². The van der Waals surface area contributed by atoms with Gasteiger partial charge < -0.3 is 10.1 Å². The minimum absolute atomic E-state index is 0.0541. The molecule has 1 amide bonds. The summed E-state index contributed by atoms with van der Waals surface area (Å²) in [6.45, 7) is 1.90. The minimum atomic E-state index is -0.229. The number of aromatic nitrogens is 1. The van der Waals surface area contributed by atoms with Gasteiger partial charge in [-0.3, -0.25) is 4.79 Å². The Morgan fingerprint density at radius 3 is 2.60 bits per heavy atom. The second-order valence-electron chi connectivity index (χ2n) is 5.83. The number of aryl methyl sites for hydroxylation is 1. The molecular weight excluding hydrogens is 312 g/mol. The van der Waals surface area contributed by atoms with E-state index in [9.17, 15) is 4.79 Å². The predicted molar refractivity (Wildman–Crippen MR) is 98.8 cm³/mol. The lowest BCUT2D eigenvalue weighted by Gasteiger charge is -2.11. The molecule has 0 aliphatic carbocycles. The molecule has 0 bridgehead atoms. The monoisotopic (exact) mass is 332 g/mol. The minimum Gasteiger partial charge on any atom is -0.483 e. The van der Waals surface area contributed by atoms with Crippen molar-refractivity contribution < 1.29 is 9.53 Å². The Kier molecular flexibility index (Phi) is 5.42. The van der Waals surface area contributed by atoms with Gasteiger partial charge in [-0.25, -0.2) is 4.98 Å². The summed E-state index contributed by atoms with van der Waals surface area (Å²) in [6, 6.07) is 21.7. The van der Waals surface area contributed by atoms with Gasteiger partial charge in [0.1, 0.15) is 11.6 Å². The zero-order chi connectivity index (χ0) is 17.5. The van der Waals surface area contributed by atoms with Crippen LogP contribution in [0.4, 0.5) is 5.82 Å². The van der Waals surface area contributed by atoms with Crippen LogP contribution in [-0.4, -0.2) is 17.5 Å². The van der Waals surface area contributed by atoms with Crippen molar-refractivity contribution >= 4 is 11.7 Å². The van der Waals surface area contributed by atoms with E-state index in [1.54, 1.807) is 6.20 Å². The van der Waals surface area contributed by atoms with Crippen LogP contribution >= 0.6 is 0 Å². The van der Waals surface area contributed by atoms with E-state index in [1.807, 2.05) is 61.5 Å². The summed E-state index contributed by atoms with van der Waals surface area (Å²) in [7, 11) is 0. The van der Waals surface area contributed by atoms with Crippen molar-refractivity contribution in [1.29, 1.82) is 0 Å². The van der Waals surface area contributed by atoms with Gasteiger partial charge in [-0.2, -0.15) is 0 Å². The van der Waals surface area contributed by atoms with Crippen molar-refractivity contribution in [2.24, 2.45) is 0 Å². The number of nitrogens with one attached hydrogen (secondary N) is 1. The van der Waals surface area contributed by atoms with Gasteiger partial charge >= 0.3 is 0 Å². The zero-order valence-corrected chi connectivity index (χ0v) is 14.1. The number of carbonyl (C=O) groups excluding carboxylic acids is 1. The maximum atomic E-state index is 12.1. The molecule has 0 spiro atoms. The molecule has 1 aromatic heterocycles. The fourth-order valence-corrected chi connectivity index (χ4v) is 2.53. The van der Waals surface area contributed by atoms with Crippen LogP contribution in [0, 0.1) is 6.92 Å². The first-order chi connectivity index (χ1) is 12.2. The van der Waals surface area contributed by atoms with E-state index >= 15 is 0 Å². The van der Waals surface area contributed by atoms with Crippen molar-refractivity contribution in [3.63, 3.8) is 0 Å². The average molecular weight is 332 g/mol. The van der Waals surface area contributed by atoms with Gasteiger partial charge in [-0.05, 0) is 41.8 Å². The summed E-state index contributed by atoms with van der Waals surface area (Å²) in [5.41, 5.74) is 3.29. The lowest BCUT2D eigenvalue weighted by Crippen LogP contribution is -2.21. The number of rotatable bonds is 6. The third-order valence-corrected chi connectivity index (χ3v) is 3.75. The highest BCUT2D eigenvalue weighted by Gasteiger charge is 2.08. The van der Waals surface area contributed by atoms with Gasteiger partial charge in [0.2, 0.25) is 0 Å². The molecule has 0 saturated carbocycles. The molecular formula is C21H20N2O2. The van der Waals surface area contributed by atoms with Gasteiger partial charge in [0.15, 0.2) is 6.61 Å². The fourth-order valence-electron chi connectivity index (χ4n) is 2.53. The summed E-state index contributed by atoms with van der Waals surface area (Å²) >= 11 is 0. The third kappa shape index (κ3) is 4.91. The molecule has 0 saturated heterocycles. The second-order valence-corrected chi connectivity index (χ2v) is 5.83. The largest absolute Gasteiger partial charge is 0.483 e. The van der Waals surface area contributed by atoms with E-state index in [0.29, 0.717) is 5.82 Å². The van der Waals surface area contributed by atoms with Crippen molar-refractivity contribution in [3.8, 4) is 5.75 Å². The van der Waals surface area contributed by atoms with E-state index in [-0.39, 0.29) is 12.5 Å². The van der Waals surface area contributed by atoms with Crippen LogP contribution in [-0.2, 0) is 11.2 Å². The number of anilines is 1. The Balaban J connectivity index is 1.62. The summed E-state index contributed by atoms with van der Waals surface area (Å²) in [5, 5.41) is 2.75. The Morgan fingerprint density at radius 1 is 1.04 bits per heavy atom. The summed E-state index contributed by atoms with van der Waals surface area (Å²) < 4.78 is 5.73. The number of hydrogen-bond donors (Lipinski definition) is 1. The molecule has 0 radical (unpaired) electrons. The van der Waals surface area contributed by atoms with Crippen molar-refractivity contribution in [2.45, 2.75) is 13.3 Å². The Bertz CT molecular complexity index is 847. The molecule has 3 aromatic rings. The molecule has 0 aliphatic rings. The summed E-state index contributed by atoms with van der Waals surface area (Å²) in [6.07, 6.45) is 2.43. The van der Waals surface area contributed by atoms with Gasteiger partial charge in [0.05, 0.1) is 0 Å². The normalized spacial score (nSPS) is 10.3. The highest BCUT2D eigenvalue weighted by atomic mass is 16.5. The Hall–Kier alpha value is -3.14. The van der Waals surface area contributed by atoms with Crippen LogP contribution in [0.25, 0.3) is 0 Å². The number of carbonyl (C=O) groups is 1. The highest BCUT2D eigenvalue weighted by molar-refractivity contribution is 5.91. The van der Waals surface area contributed by atoms with Crippen LogP contribution in [0.3, 0.4) is 0 Å². The number of para-hydroxylation sites is 1. The van der Waals surface area contributed by atoms with E-state index in [1.165, 1.54) is 5.56 Å². The van der Waals surface area contributed by atoms with E-state index in [0.717, 1.165) is 23.3 Å². The number of amides is 1. The molecule has 0 unspecified atom stereocenters. The smallest absolute Gasteiger partial charge is 0.263 e. The number of nitrogens with zero attached hydrogens (tertiary/aromatic N) is 1. The summed E-state index contributed by atoms with van der Waals surface area (Å²) in [5.74, 6) is 1.03. The summed E-state index contributed by atoms with van der Waals surface area (Å²) in [4.78, 5) is 16.2. The molecule has 3 rings (SSSR count). The van der Waals surface area contributed by atoms with Crippen molar-refractivity contribution in [3.05, 3.63) is 89.6 Å². The molecule has 25 heavy (non-hydrogen) atoms. The van der Waals surface area contributed by atoms with Crippen LogP contribution in [0.2, 0.25) is 0 Å². The van der Waals surface area contributed by atoms with E-state index < -0.39 is 0 Å². The first-order valence-corrected chi connectivity index (χ1v) is 8.18. The maximum Gasteiger partial charge on any atom is 0.263 e. The molecule has 1 N–H and O–H groups in total. The topological polar surface area (TPSA) is 51.2 Å². The number of benzene rings is 2. The molecule has 2 aromatic carbocycles. The fraction of sp³-hybridized carbons (Fsp3) is 0.143. The number of pyridine rings is 1. The lowest BCUT2D eigenvalue weighted by molar-refractivity contribution is -0.118. The standard InChI is InChI=1S/C21H20N2O2/c1-16-11-12-22-20(13-16)23-21(24)15-25-19-10-6-5-9-18(19)14-17-7-3-2-4-8-17/h2-13H,14-15H2,1H3,(H,22,23,24). The van der Waals surface area contributed by atoms with Crippen LogP contribution < -0.4 is 10.1 Å². The molecule has 126 valence electrons. The third-order valence-electron chi connectivity index (χ3n) is 3.75. The second kappa shape index (κ2) is 8.11. The zero-order valence-electron chi connectivity index (χ0n) is 14.1. The first-order valence-electron chi connectivity index (χ1n) is 8.18. The van der Waals surface area contributed by atoms with Gasteiger partial charge in [-0.1, -0.05) is 48.5 Å². The molecule has 1 heterocycles. The molecule has 0 aliphatic heterocycles. The molecule has 0 fully saturated rings. The SMILES string of the molecule is Cc1ccnc(NC(=O)COc2ccccc2Cc2ccccc2)c1. The Morgan fingerprint density at radius 2 is 1.80 bits per heavy atom. The van der Waals surface area contributed by atoms with E-state index in [4.69, 9.17) is 4.74 Å². The quantitative estimate of drug-likeness (QED) is 0.742. The van der Waals surface area contributed by atoms with Gasteiger partial charge in [0.25, 0.3) is 5.91 Å². The highest BCUT2D eigenvalue weighted by Crippen LogP contribution is 2.21. The molecule has 0 atom stereocenters. The van der Waals surface area contributed by atoms with Gasteiger partial charge in [0, 0.05) is 12.6 Å². The number of ether oxygens (including phenoxy) is 1. The average Bonchev–Trinajstić information content (AvgIpc) is 2.62. The lowest BCUT2D eigenvalue weighted by atomic mass is 10.0. The molecule has 4 nitrogen and oxygen atoms in total.